The summed E-state index contributed by atoms with van der Waals surface area (Å²) < 4.78 is 11.9. The van der Waals surface area contributed by atoms with Crippen molar-refractivity contribution in [3.8, 4) is 0 Å². The topological polar surface area (TPSA) is 73.1 Å². The fourth-order valence-electron chi connectivity index (χ4n) is 4.35. The van der Waals surface area contributed by atoms with Crippen molar-refractivity contribution in [2.45, 2.75) is 58.0 Å². The molecule has 2 aliphatic rings. The van der Waals surface area contributed by atoms with Crippen molar-refractivity contribution in [1.29, 1.82) is 0 Å². The molecular weight excluding hydrogens is 328 g/mol. The monoisotopic (exact) mass is 352 g/mol. The summed E-state index contributed by atoms with van der Waals surface area (Å²) in [4.78, 5) is 13.8. The average molecular weight is 352 g/mol. The van der Waals surface area contributed by atoms with E-state index in [0.29, 0.717) is 17.2 Å². The van der Waals surface area contributed by atoms with Crippen LogP contribution in [0.25, 0.3) is 22.2 Å². The minimum atomic E-state index is 0.249. The summed E-state index contributed by atoms with van der Waals surface area (Å²) in [5.41, 5.74) is 6.24. The Bertz CT molecular complexity index is 973. The quantitative estimate of drug-likeness (QED) is 0.766. The summed E-state index contributed by atoms with van der Waals surface area (Å²) in [5.74, 6) is 1.13. The van der Waals surface area contributed by atoms with E-state index >= 15 is 0 Å². The van der Waals surface area contributed by atoms with Gasteiger partial charge >= 0.3 is 0 Å². The van der Waals surface area contributed by atoms with Gasteiger partial charge in [-0.25, -0.2) is 15.0 Å². The zero-order valence-corrected chi connectivity index (χ0v) is 15.3. The second-order valence-corrected chi connectivity index (χ2v) is 7.66. The second kappa shape index (κ2) is 6.20. The van der Waals surface area contributed by atoms with Crippen LogP contribution in [-0.4, -0.2) is 34.2 Å². The summed E-state index contributed by atoms with van der Waals surface area (Å²) in [7, 11) is 0. The number of hydrogen-bond acceptors (Lipinski definition) is 6. The lowest BCUT2D eigenvalue weighted by molar-refractivity contribution is 0.120. The molecule has 0 spiro atoms. The number of nitrogens with one attached hydrogen (secondary N) is 1. The summed E-state index contributed by atoms with van der Waals surface area (Å²) >= 11 is 0. The molecule has 0 unspecified atom stereocenters. The Hall–Kier alpha value is -2.21. The molecule has 1 aliphatic heterocycles. The molecule has 0 aromatic carbocycles. The van der Waals surface area contributed by atoms with Crippen molar-refractivity contribution in [3.63, 3.8) is 0 Å². The Balaban J connectivity index is 1.63. The molecular formula is C20H24N4O2. The van der Waals surface area contributed by atoms with E-state index in [1.165, 1.54) is 23.2 Å². The highest BCUT2D eigenvalue weighted by Crippen LogP contribution is 2.39. The molecule has 3 aromatic heterocycles. The highest BCUT2D eigenvalue weighted by Gasteiger charge is 2.26. The Morgan fingerprint density at radius 1 is 1.19 bits per heavy atom. The first-order chi connectivity index (χ1) is 12.7. The molecule has 3 aromatic rings. The van der Waals surface area contributed by atoms with Crippen LogP contribution in [0, 0.1) is 0 Å². The van der Waals surface area contributed by atoms with Crippen molar-refractivity contribution in [3.05, 3.63) is 23.1 Å². The minimum Gasteiger partial charge on any atom is -0.432 e. The smallest absolute Gasteiger partial charge is 0.229 e. The van der Waals surface area contributed by atoms with Gasteiger partial charge in [-0.05, 0) is 49.1 Å². The van der Waals surface area contributed by atoms with Gasteiger partial charge in [0.15, 0.2) is 11.4 Å². The highest BCUT2D eigenvalue weighted by atomic mass is 16.5. The first kappa shape index (κ1) is 16.0. The Morgan fingerprint density at radius 3 is 2.88 bits per heavy atom. The summed E-state index contributed by atoms with van der Waals surface area (Å²) in [6, 6.07) is 0. The number of aryl methyl sites for hydroxylation is 1. The molecule has 1 aliphatic carbocycles. The van der Waals surface area contributed by atoms with Gasteiger partial charge in [0.2, 0.25) is 5.71 Å². The van der Waals surface area contributed by atoms with E-state index < -0.39 is 0 Å². The van der Waals surface area contributed by atoms with E-state index in [9.17, 15) is 0 Å². The number of fused-ring (bicyclic) bond motifs is 5. The van der Waals surface area contributed by atoms with Crippen LogP contribution in [0.2, 0.25) is 0 Å². The predicted molar refractivity (Wildman–Crippen MR) is 101 cm³/mol. The second-order valence-electron chi connectivity index (χ2n) is 7.66. The molecule has 1 fully saturated rings. The maximum atomic E-state index is 6.18. The third-order valence-corrected chi connectivity index (χ3v) is 5.57. The van der Waals surface area contributed by atoms with Crippen LogP contribution in [0.15, 0.2) is 10.7 Å². The van der Waals surface area contributed by atoms with E-state index in [-0.39, 0.29) is 6.10 Å². The Labute approximate surface area is 152 Å². The fourth-order valence-corrected chi connectivity index (χ4v) is 4.35. The molecule has 0 amide bonds. The van der Waals surface area contributed by atoms with Crippen LogP contribution in [0.4, 0.5) is 5.82 Å². The molecule has 0 radical (unpaired) electrons. The van der Waals surface area contributed by atoms with E-state index in [2.05, 4.69) is 29.1 Å². The number of ether oxygens (including phenoxy) is 1. The van der Waals surface area contributed by atoms with Crippen LogP contribution >= 0.6 is 0 Å². The number of aromatic nitrogens is 3. The Kier molecular flexibility index (Phi) is 3.81. The molecule has 6 nitrogen and oxygen atoms in total. The minimum absolute atomic E-state index is 0.249. The molecule has 6 heteroatoms. The summed E-state index contributed by atoms with van der Waals surface area (Å²) in [5, 5.41) is 4.48. The molecule has 1 saturated heterocycles. The van der Waals surface area contributed by atoms with Crippen molar-refractivity contribution < 1.29 is 9.15 Å². The first-order valence-electron chi connectivity index (χ1n) is 9.66. The fraction of sp³-hybridized carbons (Fsp3) is 0.550. The van der Waals surface area contributed by atoms with Gasteiger partial charge in [0.1, 0.15) is 11.8 Å². The maximum absolute atomic E-state index is 6.18. The summed E-state index contributed by atoms with van der Waals surface area (Å²) in [6.07, 6.45) is 7.45. The summed E-state index contributed by atoms with van der Waals surface area (Å²) in [6.45, 7) is 5.99. The molecule has 0 bridgehead atoms. The van der Waals surface area contributed by atoms with Gasteiger partial charge in [-0.15, -0.1) is 0 Å². The van der Waals surface area contributed by atoms with E-state index in [4.69, 9.17) is 14.1 Å². The SMILES string of the molecule is CC(C)c1nc2oc3c(NC[C@@H]4CCCO4)ncnc3c2c2c1CCC2. The van der Waals surface area contributed by atoms with E-state index in [1.54, 1.807) is 6.33 Å². The number of rotatable bonds is 4. The van der Waals surface area contributed by atoms with Crippen molar-refractivity contribution >= 4 is 28.0 Å². The maximum Gasteiger partial charge on any atom is 0.229 e. The zero-order valence-electron chi connectivity index (χ0n) is 15.3. The molecule has 136 valence electrons. The van der Waals surface area contributed by atoms with Gasteiger partial charge in [-0.1, -0.05) is 13.8 Å². The van der Waals surface area contributed by atoms with Crippen LogP contribution in [0.3, 0.4) is 0 Å². The van der Waals surface area contributed by atoms with Gasteiger partial charge in [0, 0.05) is 13.2 Å². The molecule has 26 heavy (non-hydrogen) atoms. The van der Waals surface area contributed by atoms with Gasteiger partial charge < -0.3 is 14.5 Å². The third kappa shape index (κ3) is 2.47. The molecule has 0 saturated carbocycles. The lowest BCUT2D eigenvalue weighted by Gasteiger charge is -2.11. The standard InChI is InChI=1S/C20H24N4O2/c1-11(2)16-14-7-3-6-13(14)15-17-18(26-20(15)24-16)19(23-10-22-17)21-9-12-5-4-8-25-12/h10-12H,3-9H2,1-2H3,(H,21,22,23)/t12-/m0/s1. The van der Waals surface area contributed by atoms with Gasteiger partial charge in [-0.3, -0.25) is 0 Å². The zero-order chi connectivity index (χ0) is 17.7. The number of pyridine rings is 1. The molecule has 5 rings (SSSR count). The normalized spacial score (nSPS) is 19.7. The van der Waals surface area contributed by atoms with Crippen LogP contribution in [0.1, 0.15) is 55.8 Å². The van der Waals surface area contributed by atoms with Crippen LogP contribution in [-0.2, 0) is 17.6 Å². The predicted octanol–water partition coefficient (Wildman–Crippen LogP) is 3.97. The van der Waals surface area contributed by atoms with Crippen molar-refractivity contribution in [2.24, 2.45) is 0 Å². The largest absolute Gasteiger partial charge is 0.432 e. The van der Waals surface area contributed by atoms with Crippen molar-refractivity contribution in [2.75, 3.05) is 18.5 Å². The molecule has 1 N–H and O–H groups in total. The first-order valence-corrected chi connectivity index (χ1v) is 9.66. The van der Waals surface area contributed by atoms with Crippen LogP contribution in [0.5, 0.6) is 0 Å². The molecule has 1 atom stereocenters. The molecule has 4 heterocycles. The van der Waals surface area contributed by atoms with E-state index in [1.807, 2.05) is 0 Å². The highest BCUT2D eigenvalue weighted by molar-refractivity contribution is 6.06. The number of anilines is 1. The van der Waals surface area contributed by atoms with Crippen LogP contribution < -0.4 is 5.32 Å². The van der Waals surface area contributed by atoms with Gasteiger partial charge in [0.25, 0.3) is 0 Å². The van der Waals surface area contributed by atoms with Gasteiger partial charge in [-0.2, -0.15) is 0 Å². The lowest BCUT2D eigenvalue weighted by atomic mass is 9.99. The third-order valence-electron chi connectivity index (χ3n) is 5.57. The van der Waals surface area contributed by atoms with Crippen molar-refractivity contribution in [1.82, 2.24) is 15.0 Å². The van der Waals surface area contributed by atoms with Gasteiger partial charge in [0.05, 0.1) is 17.2 Å². The lowest BCUT2D eigenvalue weighted by Crippen LogP contribution is -2.19. The average Bonchev–Trinajstić information content (AvgIpc) is 3.36. The number of nitrogens with zero attached hydrogens (tertiary/aromatic N) is 3. The van der Waals surface area contributed by atoms with E-state index in [0.717, 1.165) is 55.6 Å². The Morgan fingerprint density at radius 2 is 2.08 bits per heavy atom. The number of furan rings is 1. The number of hydrogen-bond donors (Lipinski definition) is 1.